The molecule has 152 valence electrons. The number of nitrogens with one attached hydrogen (secondary N) is 1. The van der Waals surface area contributed by atoms with Gasteiger partial charge in [-0.25, -0.2) is 9.78 Å². The van der Waals surface area contributed by atoms with Crippen LogP contribution in [0.1, 0.15) is 21.8 Å². The number of anilines is 2. The molecule has 4 rings (SSSR count). The van der Waals surface area contributed by atoms with E-state index in [9.17, 15) is 14.4 Å². The van der Waals surface area contributed by atoms with Crippen LogP contribution >= 0.6 is 11.3 Å². The lowest BCUT2D eigenvalue weighted by molar-refractivity contribution is -0.122. The third-order valence-electron chi connectivity index (χ3n) is 4.73. The lowest BCUT2D eigenvalue weighted by Crippen LogP contribution is -2.28. The van der Waals surface area contributed by atoms with Crippen LogP contribution in [0.25, 0.3) is 0 Å². The molecule has 0 spiro atoms. The summed E-state index contributed by atoms with van der Waals surface area (Å²) in [6.45, 7) is 2.86. The first-order chi connectivity index (χ1) is 14.0. The van der Waals surface area contributed by atoms with Crippen LogP contribution in [0.4, 0.5) is 10.8 Å². The van der Waals surface area contributed by atoms with Gasteiger partial charge in [-0.15, -0.1) is 0 Å². The molecule has 1 aromatic heterocycles. The minimum atomic E-state index is -0.526. The molecular formula is C19H19N3O6S. The van der Waals surface area contributed by atoms with Crippen LogP contribution in [0.3, 0.4) is 0 Å². The molecule has 2 aromatic rings. The lowest BCUT2D eigenvalue weighted by atomic mass is 10.1. The summed E-state index contributed by atoms with van der Waals surface area (Å²) in [7, 11) is 1.29. The van der Waals surface area contributed by atoms with Crippen molar-refractivity contribution >= 4 is 39.9 Å². The molecule has 3 heterocycles. The van der Waals surface area contributed by atoms with Gasteiger partial charge in [-0.05, 0) is 19.1 Å². The Kier molecular flexibility index (Phi) is 5.10. The number of methoxy groups -OCH3 is 1. The number of hydrogen-bond donors (Lipinski definition) is 1. The molecule has 29 heavy (non-hydrogen) atoms. The van der Waals surface area contributed by atoms with Gasteiger partial charge in [-0.2, -0.15) is 0 Å². The predicted molar refractivity (Wildman–Crippen MR) is 105 cm³/mol. The molecule has 0 radical (unpaired) electrons. The summed E-state index contributed by atoms with van der Waals surface area (Å²) in [4.78, 5) is 42.9. The van der Waals surface area contributed by atoms with E-state index in [-0.39, 0.29) is 24.8 Å². The average molecular weight is 417 g/mol. The topological polar surface area (TPSA) is 107 Å². The summed E-state index contributed by atoms with van der Waals surface area (Å²) in [5.74, 6) is -0.261. The summed E-state index contributed by atoms with van der Waals surface area (Å²) in [5.41, 5.74) is 1.14. The van der Waals surface area contributed by atoms with Gasteiger partial charge < -0.3 is 24.4 Å². The highest BCUT2D eigenvalue weighted by Gasteiger charge is 2.36. The first kappa shape index (κ1) is 19.2. The van der Waals surface area contributed by atoms with E-state index < -0.39 is 11.9 Å². The second kappa shape index (κ2) is 7.70. The van der Waals surface area contributed by atoms with Gasteiger partial charge in [0.15, 0.2) is 16.6 Å². The van der Waals surface area contributed by atoms with E-state index in [0.717, 1.165) is 11.3 Å². The molecule has 0 saturated carbocycles. The number of nitrogens with zero attached hydrogens (tertiary/aromatic N) is 2. The molecule has 1 atom stereocenters. The van der Waals surface area contributed by atoms with Gasteiger partial charge in [0.25, 0.3) is 0 Å². The van der Waals surface area contributed by atoms with E-state index in [1.54, 1.807) is 30.0 Å². The van der Waals surface area contributed by atoms with Crippen molar-refractivity contribution in [1.82, 2.24) is 4.98 Å². The maximum absolute atomic E-state index is 12.6. The quantitative estimate of drug-likeness (QED) is 0.758. The second-order valence-corrected chi connectivity index (χ2v) is 7.65. The fourth-order valence-electron chi connectivity index (χ4n) is 3.27. The van der Waals surface area contributed by atoms with Gasteiger partial charge in [0.2, 0.25) is 11.8 Å². The molecule has 1 N–H and O–H groups in total. The third kappa shape index (κ3) is 3.75. The first-order valence-electron chi connectivity index (χ1n) is 9.03. The maximum atomic E-state index is 12.6. The SMILES string of the molecule is COC(=O)c1sc(NC(=O)C2CC(=O)N(c3ccc4c(c3)OCCO4)C2)nc1C. The highest BCUT2D eigenvalue weighted by molar-refractivity contribution is 7.17. The van der Waals surface area contributed by atoms with E-state index in [1.807, 2.05) is 0 Å². The number of carbonyl (C=O) groups is 3. The Morgan fingerprint density at radius 3 is 2.79 bits per heavy atom. The predicted octanol–water partition coefficient (Wildman–Crippen LogP) is 2.00. The van der Waals surface area contributed by atoms with Crippen molar-refractivity contribution in [3.05, 3.63) is 28.8 Å². The van der Waals surface area contributed by atoms with E-state index in [1.165, 1.54) is 7.11 Å². The van der Waals surface area contributed by atoms with E-state index >= 15 is 0 Å². The smallest absolute Gasteiger partial charge is 0.350 e. The van der Waals surface area contributed by atoms with E-state index in [0.29, 0.717) is 46.1 Å². The fourth-order valence-corrected chi connectivity index (χ4v) is 4.16. The number of aromatic nitrogens is 1. The van der Waals surface area contributed by atoms with Crippen LogP contribution < -0.4 is 19.7 Å². The van der Waals surface area contributed by atoms with E-state index in [4.69, 9.17) is 14.2 Å². The average Bonchev–Trinajstić information content (AvgIpc) is 3.29. The van der Waals surface area contributed by atoms with Crippen LogP contribution in [0, 0.1) is 12.8 Å². The Labute approximate surface area is 170 Å². The van der Waals surface area contributed by atoms with E-state index in [2.05, 4.69) is 10.3 Å². The number of amides is 2. The Balaban J connectivity index is 1.45. The molecule has 1 saturated heterocycles. The highest BCUT2D eigenvalue weighted by Crippen LogP contribution is 2.36. The number of ether oxygens (including phenoxy) is 3. The molecule has 2 aliphatic rings. The zero-order valence-corrected chi connectivity index (χ0v) is 16.7. The standard InChI is InChI=1S/C19H19N3O6S/c1-10-16(18(25)26-2)29-19(20-10)21-17(24)11-7-15(23)22(9-11)12-3-4-13-14(8-12)28-6-5-27-13/h3-4,8,11H,5-7,9H2,1-2H3,(H,20,21,24). The Bertz CT molecular complexity index is 988. The maximum Gasteiger partial charge on any atom is 0.350 e. The molecule has 0 aliphatic carbocycles. The summed E-state index contributed by atoms with van der Waals surface area (Å²) in [6.07, 6.45) is 0.0918. The first-order valence-corrected chi connectivity index (χ1v) is 9.84. The van der Waals surface area contributed by atoms with Crippen molar-refractivity contribution in [2.45, 2.75) is 13.3 Å². The molecule has 1 fully saturated rings. The van der Waals surface area contributed by atoms with Crippen molar-refractivity contribution in [3.8, 4) is 11.5 Å². The summed E-state index contributed by atoms with van der Waals surface area (Å²) >= 11 is 1.05. The van der Waals surface area contributed by atoms with Gasteiger partial charge in [0.05, 0.1) is 18.7 Å². The minimum absolute atomic E-state index is 0.0918. The Hall–Kier alpha value is -3.14. The molecule has 1 aromatic carbocycles. The van der Waals surface area contributed by atoms with Crippen LogP contribution in [0.2, 0.25) is 0 Å². The Morgan fingerprint density at radius 2 is 2.03 bits per heavy atom. The number of rotatable bonds is 4. The highest BCUT2D eigenvalue weighted by atomic mass is 32.1. The summed E-state index contributed by atoms with van der Waals surface area (Å²) in [6, 6.07) is 5.29. The molecule has 2 aliphatic heterocycles. The van der Waals surface area contributed by atoms with Crippen molar-refractivity contribution < 1.29 is 28.6 Å². The second-order valence-electron chi connectivity index (χ2n) is 6.65. The van der Waals surface area contributed by atoms with Crippen LogP contribution in [-0.4, -0.2) is 49.6 Å². The summed E-state index contributed by atoms with van der Waals surface area (Å²) in [5, 5.41) is 3.01. The van der Waals surface area contributed by atoms with Crippen molar-refractivity contribution in [2.75, 3.05) is 37.1 Å². The number of esters is 1. The molecular weight excluding hydrogens is 398 g/mol. The number of thiazole rings is 1. The van der Waals surface area contributed by atoms with Gasteiger partial charge >= 0.3 is 5.97 Å². The van der Waals surface area contributed by atoms with Gasteiger partial charge in [0.1, 0.15) is 18.1 Å². The van der Waals surface area contributed by atoms with Crippen LogP contribution in [0.15, 0.2) is 18.2 Å². The number of carbonyl (C=O) groups excluding carboxylic acids is 3. The zero-order chi connectivity index (χ0) is 20.5. The van der Waals surface area contributed by atoms with Gasteiger partial charge in [-0.3, -0.25) is 9.59 Å². The lowest BCUT2D eigenvalue weighted by Gasteiger charge is -2.22. The Morgan fingerprint density at radius 1 is 1.28 bits per heavy atom. The van der Waals surface area contributed by atoms with Crippen molar-refractivity contribution in [3.63, 3.8) is 0 Å². The summed E-state index contributed by atoms with van der Waals surface area (Å²) < 4.78 is 15.8. The molecule has 2 amide bonds. The van der Waals surface area contributed by atoms with Gasteiger partial charge in [-0.1, -0.05) is 11.3 Å². The minimum Gasteiger partial charge on any atom is -0.486 e. The van der Waals surface area contributed by atoms with Gasteiger partial charge in [0, 0.05) is 24.7 Å². The molecule has 10 heteroatoms. The van der Waals surface area contributed by atoms with Crippen molar-refractivity contribution in [2.24, 2.45) is 5.92 Å². The monoisotopic (exact) mass is 417 g/mol. The molecule has 9 nitrogen and oxygen atoms in total. The largest absolute Gasteiger partial charge is 0.486 e. The zero-order valence-electron chi connectivity index (χ0n) is 15.9. The fraction of sp³-hybridized carbons (Fsp3) is 0.368. The number of aryl methyl sites for hydroxylation is 1. The van der Waals surface area contributed by atoms with Crippen molar-refractivity contribution in [1.29, 1.82) is 0 Å². The number of hydrogen-bond acceptors (Lipinski definition) is 8. The third-order valence-corrected chi connectivity index (χ3v) is 5.78. The van der Waals surface area contributed by atoms with Crippen LogP contribution in [0.5, 0.6) is 11.5 Å². The number of benzene rings is 1. The number of fused-ring (bicyclic) bond motifs is 1. The molecule has 1 unspecified atom stereocenters. The van der Waals surface area contributed by atoms with Crippen LogP contribution in [-0.2, 0) is 14.3 Å². The normalized spacial score (nSPS) is 17.9. The molecule has 0 bridgehead atoms.